The molecule has 0 bridgehead atoms. The second kappa shape index (κ2) is 12.8. The van der Waals surface area contributed by atoms with E-state index in [4.69, 9.17) is 14.1 Å². The van der Waals surface area contributed by atoms with Gasteiger partial charge in [-0.05, 0) is 47.6 Å². The Labute approximate surface area is 228 Å². The smallest absolute Gasteiger partial charge is 0.226 e. The molecule has 1 heterocycles. The summed E-state index contributed by atoms with van der Waals surface area (Å²) in [4.78, 5) is 4.81. The minimum Gasteiger partial charge on any atom is -0.507 e. The highest BCUT2D eigenvalue weighted by atomic mass is 35.5. The highest BCUT2D eigenvalue weighted by Crippen LogP contribution is 2.42. The van der Waals surface area contributed by atoms with Gasteiger partial charge < -0.3 is 25.1 Å². The summed E-state index contributed by atoms with van der Waals surface area (Å²) < 4.78 is 12.1. The molecule has 0 unspecified atom stereocenters. The summed E-state index contributed by atoms with van der Waals surface area (Å²) in [6, 6.07) is 12.7. The van der Waals surface area contributed by atoms with Gasteiger partial charge in [0.25, 0.3) is 0 Å². The van der Waals surface area contributed by atoms with Crippen molar-refractivity contribution in [3.8, 4) is 23.0 Å². The van der Waals surface area contributed by atoms with Crippen LogP contribution in [0, 0.1) is 6.92 Å². The van der Waals surface area contributed by atoms with Crippen molar-refractivity contribution in [1.29, 1.82) is 0 Å². The van der Waals surface area contributed by atoms with Crippen molar-refractivity contribution >= 4 is 12.4 Å². The third-order valence-electron chi connectivity index (χ3n) is 6.11. The van der Waals surface area contributed by atoms with Crippen molar-refractivity contribution in [2.45, 2.75) is 92.2 Å². The molecule has 0 amide bonds. The quantitative estimate of drug-likeness (QED) is 0.337. The first-order valence-electron chi connectivity index (χ1n) is 12.6. The lowest BCUT2D eigenvalue weighted by molar-refractivity contribution is 0.320. The van der Waals surface area contributed by atoms with Gasteiger partial charge in [-0.3, -0.25) is 0 Å². The maximum Gasteiger partial charge on any atom is 0.226 e. The molecule has 1 aromatic heterocycles. The molecule has 0 atom stereocenters. The van der Waals surface area contributed by atoms with E-state index in [1.807, 2.05) is 31.2 Å². The van der Waals surface area contributed by atoms with Crippen LogP contribution < -0.4 is 10.1 Å². The van der Waals surface area contributed by atoms with E-state index >= 15 is 0 Å². The number of nitrogens with one attached hydrogen (secondary N) is 1. The maximum atomic E-state index is 11.0. The number of oxazole rings is 1. The molecule has 37 heavy (non-hydrogen) atoms. The van der Waals surface area contributed by atoms with Crippen molar-refractivity contribution in [1.82, 2.24) is 10.3 Å². The average Bonchev–Trinajstić information content (AvgIpc) is 3.12. The first kappa shape index (κ1) is 32.5. The van der Waals surface area contributed by atoms with Crippen LogP contribution in [-0.2, 0) is 23.8 Å². The zero-order chi connectivity index (χ0) is 26.0. The predicted molar refractivity (Wildman–Crippen MR) is 154 cm³/mol. The number of rotatable bonds is 8. The molecule has 0 fully saturated rings. The van der Waals surface area contributed by atoms with Crippen molar-refractivity contribution in [2.75, 3.05) is 6.61 Å². The molecule has 0 spiro atoms. The van der Waals surface area contributed by atoms with E-state index in [0.717, 1.165) is 40.4 Å². The Bertz CT molecular complexity index is 1100. The van der Waals surface area contributed by atoms with E-state index in [0.29, 0.717) is 30.7 Å². The van der Waals surface area contributed by atoms with Crippen molar-refractivity contribution in [3.05, 3.63) is 64.5 Å². The zero-order valence-electron chi connectivity index (χ0n) is 23.8. The first-order chi connectivity index (χ1) is 16.3. The van der Waals surface area contributed by atoms with Gasteiger partial charge in [0.15, 0.2) is 0 Å². The van der Waals surface area contributed by atoms with Crippen LogP contribution in [0.25, 0.3) is 11.5 Å². The molecule has 0 aliphatic carbocycles. The molecular weight excluding hydrogens is 488 g/mol. The molecule has 6 nitrogen and oxygen atoms in total. The molecular formula is C30H45ClN2O4. The molecule has 3 aromatic rings. The van der Waals surface area contributed by atoms with Gasteiger partial charge in [0.2, 0.25) is 5.89 Å². The number of phenols is 1. The largest absolute Gasteiger partial charge is 0.507 e. The number of aromatic hydroxyl groups is 1. The van der Waals surface area contributed by atoms with Crippen LogP contribution in [0.4, 0.5) is 0 Å². The molecule has 2 aromatic carbocycles. The molecule has 0 saturated heterocycles. The summed E-state index contributed by atoms with van der Waals surface area (Å²) in [5, 5.41) is 14.4. The Morgan fingerprint density at radius 3 is 2.00 bits per heavy atom. The molecule has 7 heteroatoms. The van der Waals surface area contributed by atoms with E-state index < -0.39 is 0 Å². The fourth-order valence-electron chi connectivity index (χ4n) is 3.98. The molecule has 0 aliphatic heterocycles. The van der Waals surface area contributed by atoms with Crippen LogP contribution in [0.2, 0.25) is 0 Å². The summed E-state index contributed by atoms with van der Waals surface area (Å²) in [5.41, 5.74) is 4.39. The lowest BCUT2D eigenvalue weighted by atomic mass is 9.78. The summed E-state index contributed by atoms with van der Waals surface area (Å²) in [6.45, 7) is 20.2. The monoisotopic (exact) mass is 532 g/mol. The molecule has 4 N–H and O–H groups in total. The number of aryl methyl sites for hydroxylation is 1. The van der Waals surface area contributed by atoms with Gasteiger partial charge in [0.05, 0.1) is 12.3 Å². The Kier molecular flexibility index (Phi) is 11.2. The van der Waals surface area contributed by atoms with Gasteiger partial charge in [-0.15, -0.1) is 12.4 Å². The third-order valence-corrected chi connectivity index (χ3v) is 6.11. The Morgan fingerprint density at radius 1 is 0.973 bits per heavy atom. The predicted octanol–water partition coefficient (Wildman–Crippen LogP) is 6.67. The Hall–Kier alpha value is -2.54. The topological polar surface area (TPSA) is 99.0 Å². The summed E-state index contributed by atoms with van der Waals surface area (Å²) >= 11 is 0. The number of benzene rings is 2. The summed E-state index contributed by atoms with van der Waals surface area (Å²) in [7, 11) is 0. The average molecular weight is 533 g/mol. The van der Waals surface area contributed by atoms with Crippen LogP contribution in [0.3, 0.4) is 0 Å². The van der Waals surface area contributed by atoms with Gasteiger partial charge in [-0.2, -0.15) is 0 Å². The van der Waals surface area contributed by atoms with Gasteiger partial charge in [-0.1, -0.05) is 67.5 Å². The molecule has 3 rings (SSSR count). The van der Waals surface area contributed by atoms with Gasteiger partial charge in [0, 0.05) is 35.7 Å². The number of halogens is 1. The number of ether oxygens (including phenoxy) is 1. The van der Waals surface area contributed by atoms with Crippen molar-refractivity contribution < 1.29 is 19.7 Å². The van der Waals surface area contributed by atoms with Crippen molar-refractivity contribution in [2.24, 2.45) is 0 Å². The van der Waals surface area contributed by atoms with E-state index in [2.05, 4.69) is 72.8 Å². The minimum absolute atomic E-state index is 0. The fraction of sp³-hybridized carbons (Fsp3) is 0.500. The van der Waals surface area contributed by atoms with Crippen LogP contribution >= 0.6 is 12.4 Å². The Morgan fingerprint density at radius 2 is 1.51 bits per heavy atom. The van der Waals surface area contributed by atoms with Gasteiger partial charge in [-0.25, -0.2) is 4.98 Å². The Balaban J connectivity index is 0.00000342. The van der Waals surface area contributed by atoms with Crippen LogP contribution in [0.15, 0.2) is 40.8 Å². The van der Waals surface area contributed by atoms with Crippen LogP contribution in [-0.4, -0.2) is 28.2 Å². The van der Waals surface area contributed by atoms with Crippen LogP contribution in [0.5, 0.6) is 11.5 Å². The third kappa shape index (κ3) is 8.49. The fourth-order valence-corrected chi connectivity index (χ4v) is 3.98. The van der Waals surface area contributed by atoms with E-state index in [1.54, 1.807) is 0 Å². The van der Waals surface area contributed by atoms with E-state index in [9.17, 15) is 5.11 Å². The minimum atomic E-state index is -0.210. The molecule has 0 radical (unpaired) electrons. The van der Waals surface area contributed by atoms with Crippen molar-refractivity contribution in [3.63, 3.8) is 0 Å². The number of aromatic nitrogens is 1. The molecule has 0 saturated carbocycles. The lowest BCUT2D eigenvalue weighted by Crippen LogP contribution is -2.21. The van der Waals surface area contributed by atoms with E-state index in [-0.39, 0.29) is 28.7 Å². The first-order valence-corrected chi connectivity index (χ1v) is 12.6. The second-order valence-electron chi connectivity index (χ2n) is 11.7. The molecule has 206 valence electrons. The number of nitrogens with zero attached hydrogens (tertiary/aromatic N) is 1. The normalized spacial score (nSPS) is 11.7. The standard InChI is InChI=1S/C30H42N2O3.ClH.H2O/c1-19(2)31-18-21-10-12-23(13-11-21)34-15-14-26-20(3)35-28(32-26)22-16-24(29(4,5)6)27(33)25(17-22)30(7,8)9;;/h10-13,16-17,19,31,33H,14-15,18H2,1-9H3;1H;1H2. The van der Waals surface area contributed by atoms with Gasteiger partial charge >= 0.3 is 0 Å². The second-order valence-corrected chi connectivity index (χ2v) is 11.7. The van der Waals surface area contributed by atoms with E-state index in [1.165, 1.54) is 5.56 Å². The highest BCUT2D eigenvalue weighted by Gasteiger charge is 2.28. The summed E-state index contributed by atoms with van der Waals surface area (Å²) in [6.07, 6.45) is 0.655. The summed E-state index contributed by atoms with van der Waals surface area (Å²) in [5.74, 6) is 2.58. The number of hydrogen-bond donors (Lipinski definition) is 2. The molecule has 0 aliphatic rings. The lowest BCUT2D eigenvalue weighted by Gasteiger charge is -2.27. The number of phenolic OH excluding ortho intramolecular Hbond substituents is 1. The maximum absolute atomic E-state index is 11.0. The van der Waals surface area contributed by atoms with Gasteiger partial charge in [0.1, 0.15) is 17.3 Å². The zero-order valence-corrected chi connectivity index (χ0v) is 24.6. The number of hydrogen-bond acceptors (Lipinski definition) is 5. The van der Waals surface area contributed by atoms with Crippen LogP contribution in [0.1, 0.15) is 83.5 Å². The SMILES string of the molecule is Cc1oc(-c2cc(C(C)(C)C)c(O)c(C(C)(C)C)c2)nc1CCOc1ccc(CNC(C)C)cc1.Cl.O. The highest BCUT2D eigenvalue weighted by molar-refractivity contribution is 5.85.